The molecule has 0 spiro atoms. The van der Waals surface area contributed by atoms with E-state index in [0.717, 1.165) is 69.4 Å². The van der Waals surface area contributed by atoms with E-state index < -0.39 is 0 Å². The summed E-state index contributed by atoms with van der Waals surface area (Å²) in [4.78, 5) is 11.5. The van der Waals surface area contributed by atoms with Crippen molar-refractivity contribution in [2.45, 2.75) is 39.2 Å². The van der Waals surface area contributed by atoms with Crippen LogP contribution in [0.1, 0.15) is 35.6 Å². The number of likely N-dealkylation sites (tertiary alicyclic amines) is 1. The zero-order valence-corrected chi connectivity index (χ0v) is 15.6. The minimum atomic E-state index is 0.708. The Morgan fingerprint density at radius 2 is 2.04 bits per heavy atom. The van der Waals surface area contributed by atoms with Gasteiger partial charge in [-0.25, -0.2) is 9.97 Å². The van der Waals surface area contributed by atoms with E-state index in [4.69, 9.17) is 4.42 Å². The zero-order chi connectivity index (χ0) is 17.8. The number of hydrogen-bond donors (Lipinski definition) is 2. The predicted molar refractivity (Wildman–Crippen MR) is 102 cm³/mol. The molecule has 0 amide bonds. The van der Waals surface area contributed by atoms with Crippen LogP contribution in [0, 0.1) is 12.8 Å². The molecule has 6 nitrogen and oxygen atoms in total. The summed E-state index contributed by atoms with van der Waals surface area (Å²) in [5.74, 6) is 3.83. The number of anilines is 1. The molecule has 4 heterocycles. The Hall–Kier alpha value is -1.92. The van der Waals surface area contributed by atoms with Gasteiger partial charge < -0.3 is 15.1 Å². The second-order valence-corrected chi connectivity index (χ2v) is 7.51. The molecule has 6 heteroatoms. The summed E-state index contributed by atoms with van der Waals surface area (Å²) >= 11 is 0. The van der Waals surface area contributed by atoms with Gasteiger partial charge >= 0.3 is 0 Å². The smallest absolute Gasteiger partial charge is 0.132 e. The normalized spacial score (nSPS) is 19.1. The molecule has 0 aromatic carbocycles. The van der Waals surface area contributed by atoms with Crippen LogP contribution in [0.2, 0.25) is 0 Å². The number of nitrogens with one attached hydrogen (secondary N) is 2. The molecule has 2 aromatic heterocycles. The molecule has 0 saturated carbocycles. The van der Waals surface area contributed by atoms with E-state index in [2.05, 4.69) is 31.6 Å². The van der Waals surface area contributed by atoms with Crippen molar-refractivity contribution in [3.63, 3.8) is 0 Å². The van der Waals surface area contributed by atoms with Crippen LogP contribution in [0.5, 0.6) is 0 Å². The van der Waals surface area contributed by atoms with Crippen LogP contribution in [-0.2, 0) is 19.4 Å². The van der Waals surface area contributed by atoms with Crippen LogP contribution in [0.4, 0.5) is 5.82 Å². The van der Waals surface area contributed by atoms with Gasteiger partial charge in [-0.1, -0.05) is 0 Å². The Morgan fingerprint density at radius 3 is 2.85 bits per heavy atom. The quantitative estimate of drug-likeness (QED) is 0.858. The summed E-state index contributed by atoms with van der Waals surface area (Å²) in [6.45, 7) is 8.24. The van der Waals surface area contributed by atoms with Gasteiger partial charge in [0.2, 0.25) is 0 Å². The van der Waals surface area contributed by atoms with Gasteiger partial charge in [0.25, 0.3) is 0 Å². The molecule has 0 aliphatic carbocycles. The molecule has 2 aliphatic rings. The molecule has 0 radical (unpaired) electrons. The van der Waals surface area contributed by atoms with Crippen molar-refractivity contribution in [3.8, 4) is 0 Å². The van der Waals surface area contributed by atoms with Crippen molar-refractivity contribution in [1.29, 1.82) is 0 Å². The Kier molecular flexibility index (Phi) is 5.51. The second kappa shape index (κ2) is 8.18. The van der Waals surface area contributed by atoms with Crippen molar-refractivity contribution >= 4 is 5.82 Å². The SMILES string of the molecule is Cc1ccc(CN2CCC(CNc3ncnc4c3CCNCC4)CC2)o1. The number of aryl methyl sites for hydroxylation is 1. The van der Waals surface area contributed by atoms with Crippen LogP contribution >= 0.6 is 0 Å². The highest BCUT2D eigenvalue weighted by Gasteiger charge is 2.21. The third kappa shape index (κ3) is 4.24. The topological polar surface area (TPSA) is 66.2 Å². The molecule has 26 heavy (non-hydrogen) atoms. The van der Waals surface area contributed by atoms with Gasteiger partial charge in [-0.2, -0.15) is 0 Å². The first kappa shape index (κ1) is 17.5. The highest BCUT2D eigenvalue weighted by Crippen LogP contribution is 2.22. The molecular weight excluding hydrogens is 326 g/mol. The predicted octanol–water partition coefficient (Wildman–Crippen LogP) is 2.39. The molecule has 1 saturated heterocycles. The monoisotopic (exact) mass is 355 g/mol. The number of piperidine rings is 1. The lowest BCUT2D eigenvalue weighted by molar-refractivity contribution is 0.170. The largest absolute Gasteiger partial charge is 0.465 e. The molecule has 0 unspecified atom stereocenters. The maximum absolute atomic E-state index is 5.71. The fourth-order valence-corrected chi connectivity index (χ4v) is 4.00. The standard InChI is InChI=1S/C20H29N5O/c1-15-2-3-17(26-15)13-25-10-6-16(7-11-25)12-22-20-18-4-8-21-9-5-19(18)23-14-24-20/h2-3,14,16,21H,4-13H2,1H3,(H,22,23,24). The first-order valence-corrected chi connectivity index (χ1v) is 9.83. The number of rotatable bonds is 5. The molecule has 140 valence electrons. The lowest BCUT2D eigenvalue weighted by Gasteiger charge is -2.31. The summed E-state index contributed by atoms with van der Waals surface area (Å²) in [6, 6.07) is 4.14. The van der Waals surface area contributed by atoms with Crippen LogP contribution in [-0.4, -0.2) is 47.6 Å². The van der Waals surface area contributed by atoms with E-state index in [9.17, 15) is 0 Å². The highest BCUT2D eigenvalue weighted by molar-refractivity contribution is 5.46. The minimum absolute atomic E-state index is 0.708. The van der Waals surface area contributed by atoms with Crippen LogP contribution in [0.25, 0.3) is 0 Å². The van der Waals surface area contributed by atoms with Crippen LogP contribution in [0.15, 0.2) is 22.9 Å². The van der Waals surface area contributed by atoms with Crippen molar-refractivity contribution in [1.82, 2.24) is 20.2 Å². The van der Waals surface area contributed by atoms with Gasteiger partial charge in [-0.3, -0.25) is 4.90 Å². The Labute approximate surface area is 155 Å². The molecule has 1 fully saturated rings. The van der Waals surface area contributed by atoms with Gasteiger partial charge in [0.1, 0.15) is 23.7 Å². The number of furan rings is 1. The van der Waals surface area contributed by atoms with E-state index in [0.29, 0.717) is 5.92 Å². The third-order valence-electron chi connectivity index (χ3n) is 5.57. The molecule has 2 aromatic rings. The number of aromatic nitrogens is 2. The minimum Gasteiger partial charge on any atom is -0.465 e. The second-order valence-electron chi connectivity index (χ2n) is 7.51. The van der Waals surface area contributed by atoms with Gasteiger partial charge in [-0.15, -0.1) is 0 Å². The summed E-state index contributed by atoms with van der Waals surface area (Å²) in [6.07, 6.45) is 6.17. The highest BCUT2D eigenvalue weighted by atomic mass is 16.3. The Morgan fingerprint density at radius 1 is 1.19 bits per heavy atom. The molecule has 0 atom stereocenters. The van der Waals surface area contributed by atoms with Crippen molar-refractivity contribution in [2.24, 2.45) is 5.92 Å². The molecule has 4 rings (SSSR count). The zero-order valence-electron chi connectivity index (χ0n) is 15.6. The number of nitrogens with zero attached hydrogens (tertiary/aromatic N) is 3. The summed E-state index contributed by atoms with van der Waals surface area (Å²) in [7, 11) is 0. The average Bonchev–Trinajstić information content (AvgIpc) is 2.92. The Balaban J connectivity index is 1.27. The van der Waals surface area contributed by atoms with Gasteiger partial charge in [0.05, 0.1) is 12.2 Å². The third-order valence-corrected chi connectivity index (χ3v) is 5.57. The average molecular weight is 355 g/mol. The molecule has 2 aliphatic heterocycles. The lowest BCUT2D eigenvalue weighted by atomic mass is 9.96. The summed E-state index contributed by atoms with van der Waals surface area (Å²) in [5.41, 5.74) is 2.51. The van der Waals surface area contributed by atoms with Gasteiger partial charge in [0, 0.05) is 25.1 Å². The molecular formula is C20H29N5O. The van der Waals surface area contributed by atoms with Crippen LogP contribution < -0.4 is 10.6 Å². The number of hydrogen-bond acceptors (Lipinski definition) is 6. The van der Waals surface area contributed by atoms with E-state index in [1.54, 1.807) is 6.33 Å². The van der Waals surface area contributed by atoms with E-state index in [1.165, 1.54) is 24.1 Å². The van der Waals surface area contributed by atoms with Crippen LogP contribution in [0.3, 0.4) is 0 Å². The summed E-state index contributed by atoms with van der Waals surface area (Å²) < 4.78 is 5.71. The van der Waals surface area contributed by atoms with Gasteiger partial charge in [-0.05, 0) is 63.9 Å². The summed E-state index contributed by atoms with van der Waals surface area (Å²) in [5, 5.41) is 7.07. The van der Waals surface area contributed by atoms with Crippen molar-refractivity contribution in [2.75, 3.05) is 38.0 Å². The van der Waals surface area contributed by atoms with E-state index in [-0.39, 0.29) is 0 Å². The van der Waals surface area contributed by atoms with E-state index >= 15 is 0 Å². The molecule has 0 bridgehead atoms. The maximum Gasteiger partial charge on any atom is 0.132 e. The number of fused-ring (bicyclic) bond motifs is 1. The van der Waals surface area contributed by atoms with Crippen molar-refractivity contribution in [3.05, 3.63) is 41.2 Å². The first-order chi connectivity index (χ1) is 12.8. The molecule has 2 N–H and O–H groups in total. The lowest BCUT2D eigenvalue weighted by Crippen LogP contribution is -2.35. The fourth-order valence-electron chi connectivity index (χ4n) is 4.00. The first-order valence-electron chi connectivity index (χ1n) is 9.83. The fraction of sp³-hybridized carbons (Fsp3) is 0.600. The van der Waals surface area contributed by atoms with Crippen molar-refractivity contribution < 1.29 is 4.42 Å². The Bertz CT molecular complexity index is 721. The van der Waals surface area contributed by atoms with E-state index in [1.807, 2.05) is 13.0 Å². The maximum atomic E-state index is 5.71. The van der Waals surface area contributed by atoms with Gasteiger partial charge in [0.15, 0.2) is 0 Å².